The Labute approximate surface area is 78.0 Å². The van der Waals surface area contributed by atoms with Crippen LogP contribution in [0, 0.1) is 5.92 Å². The van der Waals surface area contributed by atoms with E-state index < -0.39 is 0 Å². The first-order valence-corrected chi connectivity index (χ1v) is 4.41. The number of aliphatic hydroxyl groups is 1. The van der Waals surface area contributed by atoms with Crippen LogP contribution in [0.5, 0.6) is 0 Å². The Hall–Kier alpha value is -1.09. The highest BCUT2D eigenvalue weighted by Gasteiger charge is 2.04. The van der Waals surface area contributed by atoms with Crippen molar-refractivity contribution in [2.24, 2.45) is 5.92 Å². The van der Waals surface area contributed by atoms with Crippen LogP contribution in [-0.2, 0) is 6.54 Å². The molecule has 0 saturated heterocycles. The lowest BCUT2D eigenvalue weighted by atomic mass is 10.2. The van der Waals surface area contributed by atoms with E-state index in [4.69, 9.17) is 5.11 Å². The minimum atomic E-state index is 0.0791. The minimum absolute atomic E-state index is 0.0791. The average Bonchev–Trinajstić information content (AvgIpc) is 2.52. The second-order valence-electron chi connectivity index (χ2n) is 3.44. The van der Waals surface area contributed by atoms with E-state index in [1.54, 1.807) is 13.0 Å². The van der Waals surface area contributed by atoms with E-state index >= 15 is 0 Å². The third-order valence-corrected chi connectivity index (χ3v) is 1.99. The SMILES string of the molecule is CC(=O)c1ccn(CC(C)CO)c1. The van der Waals surface area contributed by atoms with Gasteiger partial charge in [-0.15, -0.1) is 0 Å². The molecule has 1 atom stereocenters. The van der Waals surface area contributed by atoms with E-state index in [9.17, 15) is 4.79 Å². The molecule has 0 aliphatic heterocycles. The van der Waals surface area contributed by atoms with Gasteiger partial charge >= 0.3 is 0 Å². The van der Waals surface area contributed by atoms with Crippen molar-refractivity contribution in [3.8, 4) is 0 Å². The minimum Gasteiger partial charge on any atom is -0.396 e. The monoisotopic (exact) mass is 181 g/mol. The Morgan fingerprint density at radius 2 is 2.38 bits per heavy atom. The average molecular weight is 181 g/mol. The second-order valence-corrected chi connectivity index (χ2v) is 3.44. The molecule has 0 bridgehead atoms. The topological polar surface area (TPSA) is 42.2 Å². The number of aliphatic hydroxyl groups excluding tert-OH is 1. The lowest BCUT2D eigenvalue weighted by Crippen LogP contribution is -2.09. The fourth-order valence-corrected chi connectivity index (χ4v) is 1.18. The van der Waals surface area contributed by atoms with Gasteiger partial charge in [-0.05, 0) is 18.9 Å². The number of aromatic nitrogens is 1. The summed E-state index contributed by atoms with van der Waals surface area (Å²) in [5, 5.41) is 8.83. The smallest absolute Gasteiger partial charge is 0.161 e. The first kappa shape index (κ1) is 9.99. The number of carbonyl (C=O) groups excluding carboxylic acids is 1. The standard InChI is InChI=1S/C10H15NO2/c1-8(7-12)5-11-4-3-10(6-11)9(2)13/h3-4,6,8,12H,5,7H2,1-2H3. The summed E-state index contributed by atoms with van der Waals surface area (Å²) in [6.45, 7) is 4.44. The number of hydrogen-bond donors (Lipinski definition) is 1. The molecule has 0 radical (unpaired) electrons. The van der Waals surface area contributed by atoms with Crippen LogP contribution >= 0.6 is 0 Å². The summed E-state index contributed by atoms with van der Waals surface area (Å²) < 4.78 is 1.93. The number of ketones is 1. The van der Waals surface area contributed by atoms with Crippen LogP contribution in [0.4, 0.5) is 0 Å². The van der Waals surface area contributed by atoms with Gasteiger partial charge in [0.25, 0.3) is 0 Å². The molecule has 1 unspecified atom stereocenters. The maximum absolute atomic E-state index is 11.0. The Bertz CT molecular complexity index is 291. The highest BCUT2D eigenvalue weighted by Crippen LogP contribution is 2.05. The fraction of sp³-hybridized carbons (Fsp3) is 0.500. The number of carbonyl (C=O) groups is 1. The normalized spacial score (nSPS) is 12.8. The molecule has 72 valence electrons. The lowest BCUT2D eigenvalue weighted by molar-refractivity contribution is 0.101. The van der Waals surface area contributed by atoms with Crippen molar-refractivity contribution in [3.05, 3.63) is 24.0 Å². The molecule has 0 aromatic carbocycles. The summed E-state index contributed by atoms with van der Waals surface area (Å²) in [6.07, 6.45) is 3.68. The van der Waals surface area contributed by atoms with Crippen molar-refractivity contribution in [1.29, 1.82) is 0 Å². The van der Waals surface area contributed by atoms with Gasteiger partial charge in [0, 0.05) is 31.1 Å². The predicted molar refractivity (Wildman–Crippen MR) is 50.7 cm³/mol. The van der Waals surface area contributed by atoms with Crippen LogP contribution in [0.15, 0.2) is 18.5 Å². The molecular formula is C10H15NO2. The van der Waals surface area contributed by atoms with Gasteiger partial charge < -0.3 is 9.67 Å². The first-order chi connectivity index (χ1) is 6.13. The third-order valence-electron chi connectivity index (χ3n) is 1.99. The van der Waals surface area contributed by atoms with Crippen LogP contribution in [0.1, 0.15) is 24.2 Å². The first-order valence-electron chi connectivity index (χ1n) is 4.41. The van der Waals surface area contributed by atoms with Crippen molar-refractivity contribution >= 4 is 5.78 Å². The molecule has 0 aliphatic rings. The maximum atomic E-state index is 11.0. The van der Waals surface area contributed by atoms with Crippen molar-refractivity contribution in [2.45, 2.75) is 20.4 Å². The maximum Gasteiger partial charge on any atom is 0.161 e. The van der Waals surface area contributed by atoms with Crippen molar-refractivity contribution in [3.63, 3.8) is 0 Å². The second kappa shape index (κ2) is 4.23. The molecule has 0 aliphatic carbocycles. The van der Waals surface area contributed by atoms with Crippen molar-refractivity contribution < 1.29 is 9.90 Å². The molecule has 0 fully saturated rings. The van der Waals surface area contributed by atoms with E-state index in [2.05, 4.69) is 0 Å². The van der Waals surface area contributed by atoms with Crippen LogP contribution < -0.4 is 0 Å². The summed E-state index contributed by atoms with van der Waals surface area (Å²) in [6, 6.07) is 1.80. The molecule has 1 N–H and O–H groups in total. The summed E-state index contributed by atoms with van der Waals surface area (Å²) in [5.74, 6) is 0.308. The molecule has 1 heterocycles. The Morgan fingerprint density at radius 3 is 2.85 bits per heavy atom. The third kappa shape index (κ3) is 2.70. The predicted octanol–water partition coefficient (Wildman–Crippen LogP) is 1.32. The van der Waals surface area contributed by atoms with Crippen LogP contribution in [0.25, 0.3) is 0 Å². The summed E-state index contributed by atoms with van der Waals surface area (Å²) in [5.41, 5.74) is 0.727. The fourth-order valence-electron chi connectivity index (χ4n) is 1.18. The van der Waals surface area contributed by atoms with Gasteiger partial charge in [0.05, 0.1) is 0 Å². The zero-order valence-corrected chi connectivity index (χ0v) is 8.03. The van der Waals surface area contributed by atoms with Crippen molar-refractivity contribution in [2.75, 3.05) is 6.61 Å². The number of nitrogens with zero attached hydrogens (tertiary/aromatic N) is 1. The highest BCUT2D eigenvalue weighted by atomic mass is 16.3. The van der Waals surface area contributed by atoms with Gasteiger partial charge in [0.1, 0.15) is 0 Å². The van der Waals surface area contributed by atoms with Gasteiger partial charge in [-0.1, -0.05) is 6.92 Å². The van der Waals surface area contributed by atoms with E-state index in [1.807, 2.05) is 23.9 Å². The van der Waals surface area contributed by atoms with E-state index in [1.165, 1.54) is 0 Å². The van der Waals surface area contributed by atoms with Gasteiger partial charge in [0.15, 0.2) is 5.78 Å². The zero-order valence-electron chi connectivity index (χ0n) is 8.03. The van der Waals surface area contributed by atoms with Crippen LogP contribution in [0.3, 0.4) is 0 Å². The molecule has 1 aromatic rings. The van der Waals surface area contributed by atoms with Gasteiger partial charge in [-0.25, -0.2) is 0 Å². The molecule has 1 aromatic heterocycles. The molecule has 1 rings (SSSR count). The molecule has 13 heavy (non-hydrogen) atoms. The van der Waals surface area contributed by atoms with Crippen molar-refractivity contribution in [1.82, 2.24) is 4.57 Å². The van der Waals surface area contributed by atoms with E-state index in [0.717, 1.165) is 12.1 Å². The highest BCUT2D eigenvalue weighted by molar-refractivity contribution is 5.93. The van der Waals surface area contributed by atoms with E-state index in [-0.39, 0.29) is 18.3 Å². The number of hydrogen-bond acceptors (Lipinski definition) is 2. The van der Waals surface area contributed by atoms with Crippen LogP contribution in [0.2, 0.25) is 0 Å². The molecule has 0 saturated carbocycles. The van der Waals surface area contributed by atoms with Gasteiger partial charge in [-0.2, -0.15) is 0 Å². The Kier molecular flexibility index (Phi) is 3.25. The number of Topliss-reactive ketones (excluding diaryl/α,β-unsaturated/α-hetero) is 1. The molecule has 3 nitrogen and oxygen atoms in total. The number of rotatable bonds is 4. The van der Waals surface area contributed by atoms with E-state index in [0.29, 0.717) is 0 Å². The largest absolute Gasteiger partial charge is 0.396 e. The lowest BCUT2D eigenvalue weighted by Gasteiger charge is -2.07. The molecule has 3 heteroatoms. The van der Waals surface area contributed by atoms with Gasteiger partial charge in [-0.3, -0.25) is 4.79 Å². The summed E-state index contributed by atoms with van der Waals surface area (Å²) >= 11 is 0. The Balaban J connectivity index is 2.64. The molecular weight excluding hydrogens is 166 g/mol. The van der Waals surface area contributed by atoms with Crippen LogP contribution in [-0.4, -0.2) is 22.1 Å². The zero-order chi connectivity index (χ0) is 9.84. The molecule has 0 spiro atoms. The van der Waals surface area contributed by atoms with Gasteiger partial charge in [0.2, 0.25) is 0 Å². The Morgan fingerprint density at radius 1 is 1.69 bits per heavy atom. The summed E-state index contributed by atoms with van der Waals surface area (Å²) in [7, 11) is 0. The molecule has 0 amide bonds. The summed E-state index contributed by atoms with van der Waals surface area (Å²) in [4.78, 5) is 11.0. The quantitative estimate of drug-likeness (QED) is 0.712.